The molecule has 0 aliphatic carbocycles. The molecule has 2 aromatic carbocycles. The van der Waals surface area contributed by atoms with Gasteiger partial charge < -0.3 is 25.4 Å². The zero-order valence-corrected chi connectivity index (χ0v) is 14.1. The summed E-state index contributed by atoms with van der Waals surface area (Å²) < 4.78 is 10.7. The molecule has 0 unspecified atom stereocenters. The molecule has 25 heavy (non-hydrogen) atoms. The van der Waals surface area contributed by atoms with Crippen LogP contribution in [0.25, 0.3) is 0 Å². The smallest absolute Gasteiger partial charge is 0.251 e. The van der Waals surface area contributed by atoms with Crippen LogP contribution in [-0.2, 0) is 4.79 Å². The molecule has 1 amide bonds. The lowest BCUT2D eigenvalue weighted by molar-refractivity contribution is -0.116. The molecular formula is C19H19N3O3. The first kappa shape index (κ1) is 15.4. The second-order valence-corrected chi connectivity index (χ2v) is 5.94. The molecule has 0 saturated heterocycles. The van der Waals surface area contributed by atoms with Crippen molar-refractivity contribution < 1.29 is 14.3 Å². The third kappa shape index (κ3) is 2.55. The van der Waals surface area contributed by atoms with Gasteiger partial charge in [-0.2, -0.15) is 0 Å². The molecule has 0 spiro atoms. The summed E-state index contributed by atoms with van der Waals surface area (Å²) in [5, 5.41) is 9.77. The Morgan fingerprint density at radius 1 is 1.00 bits per heavy atom. The molecule has 0 radical (unpaired) electrons. The van der Waals surface area contributed by atoms with Crippen LogP contribution in [0, 0.1) is 0 Å². The van der Waals surface area contributed by atoms with Crippen LogP contribution in [0.1, 0.15) is 11.6 Å². The second kappa shape index (κ2) is 6.05. The highest BCUT2D eigenvalue weighted by molar-refractivity contribution is 6.01. The Balaban J connectivity index is 1.84. The number of nitrogens with one attached hydrogen (secondary N) is 3. The van der Waals surface area contributed by atoms with E-state index in [1.54, 1.807) is 14.2 Å². The third-order valence-electron chi connectivity index (χ3n) is 4.54. The molecule has 2 heterocycles. The van der Waals surface area contributed by atoms with Gasteiger partial charge in [0.25, 0.3) is 5.91 Å². The summed E-state index contributed by atoms with van der Waals surface area (Å²) in [6.45, 7) is 0.494. The maximum absolute atomic E-state index is 12.5. The topological polar surface area (TPSA) is 71.6 Å². The number of rotatable bonds is 3. The number of fused-ring (bicyclic) bond motifs is 1. The maximum Gasteiger partial charge on any atom is 0.251 e. The van der Waals surface area contributed by atoms with E-state index in [1.807, 2.05) is 42.5 Å². The molecular weight excluding hydrogens is 318 g/mol. The molecule has 1 atom stereocenters. The van der Waals surface area contributed by atoms with E-state index in [4.69, 9.17) is 9.47 Å². The second-order valence-electron chi connectivity index (χ2n) is 5.94. The summed E-state index contributed by atoms with van der Waals surface area (Å²) in [4.78, 5) is 12.5. The predicted molar refractivity (Wildman–Crippen MR) is 96.0 cm³/mol. The van der Waals surface area contributed by atoms with Crippen LogP contribution in [0.5, 0.6) is 11.5 Å². The van der Waals surface area contributed by atoms with Crippen LogP contribution in [0.3, 0.4) is 0 Å². The molecule has 2 aliphatic rings. The Morgan fingerprint density at radius 3 is 2.52 bits per heavy atom. The zero-order valence-electron chi connectivity index (χ0n) is 14.1. The average molecular weight is 337 g/mol. The van der Waals surface area contributed by atoms with Crippen molar-refractivity contribution in [3.05, 3.63) is 59.3 Å². The quantitative estimate of drug-likeness (QED) is 0.803. The molecule has 4 rings (SSSR count). The van der Waals surface area contributed by atoms with Crippen molar-refractivity contribution in [3.8, 4) is 11.5 Å². The molecule has 0 fully saturated rings. The summed E-state index contributed by atoms with van der Waals surface area (Å²) in [7, 11) is 3.21. The van der Waals surface area contributed by atoms with Crippen molar-refractivity contribution in [2.45, 2.75) is 6.04 Å². The largest absolute Gasteiger partial charge is 0.493 e. The van der Waals surface area contributed by atoms with E-state index >= 15 is 0 Å². The van der Waals surface area contributed by atoms with Gasteiger partial charge in [-0.15, -0.1) is 0 Å². The number of para-hydroxylation sites is 2. The summed E-state index contributed by atoms with van der Waals surface area (Å²) in [6, 6.07) is 13.3. The lowest BCUT2D eigenvalue weighted by Crippen LogP contribution is -2.24. The molecule has 0 aromatic heterocycles. The van der Waals surface area contributed by atoms with Crippen molar-refractivity contribution in [2.75, 3.05) is 31.4 Å². The van der Waals surface area contributed by atoms with E-state index in [0.29, 0.717) is 23.6 Å². The summed E-state index contributed by atoms with van der Waals surface area (Å²) in [6.07, 6.45) is 0. The van der Waals surface area contributed by atoms with Gasteiger partial charge in [0.05, 0.1) is 43.8 Å². The number of carbonyl (C=O) groups excluding carboxylic acids is 1. The summed E-state index contributed by atoms with van der Waals surface area (Å²) in [5.74, 6) is 1.22. The number of methoxy groups -OCH3 is 2. The van der Waals surface area contributed by atoms with E-state index in [9.17, 15) is 4.79 Å². The number of ether oxygens (including phenoxy) is 2. The van der Waals surface area contributed by atoms with Crippen molar-refractivity contribution in [3.63, 3.8) is 0 Å². The fourth-order valence-electron chi connectivity index (χ4n) is 3.30. The summed E-state index contributed by atoms with van der Waals surface area (Å²) >= 11 is 0. The minimum Gasteiger partial charge on any atom is -0.493 e. The first-order chi connectivity index (χ1) is 12.2. The molecule has 128 valence electrons. The van der Waals surface area contributed by atoms with Gasteiger partial charge in [-0.1, -0.05) is 18.2 Å². The molecule has 6 nitrogen and oxygen atoms in total. The molecule has 6 heteroatoms. The van der Waals surface area contributed by atoms with E-state index in [1.165, 1.54) is 0 Å². The van der Waals surface area contributed by atoms with Crippen LogP contribution in [0.15, 0.2) is 53.7 Å². The Hall–Kier alpha value is -3.15. The Kier molecular flexibility index (Phi) is 3.72. The van der Waals surface area contributed by atoms with Crippen molar-refractivity contribution >= 4 is 17.3 Å². The number of amides is 1. The number of carbonyl (C=O) groups is 1. The van der Waals surface area contributed by atoms with Crippen molar-refractivity contribution in [1.29, 1.82) is 0 Å². The van der Waals surface area contributed by atoms with E-state index in [-0.39, 0.29) is 11.9 Å². The lowest BCUT2D eigenvalue weighted by atomic mass is 9.97. The normalized spacial score (nSPS) is 18.3. The van der Waals surface area contributed by atoms with Gasteiger partial charge in [-0.3, -0.25) is 4.79 Å². The summed E-state index contributed by atoms with van der Waals surface area (Å²) in [5.41, 5.74) is 4.42. The van der Waals surface area contributed by atoms with Gasteiger partial charge in [0, 0.05) is 5.70 Å². The first-order valence-corrected chi connectivity index (χ1v) is 8.07. The molecule has 0 bridgehead atoms. The number of anilines is 2. The van der Waals surface area contributed by atoms with Crippen LogP contribution >= 0.6 is 0 Å². The highest BCUT2D eigenvalue weighted by Crippen LogP contribution is 2.40. The van der Waals surface area contributed by atoms with Gasteiger partial charge in [0.1, 0.15) is 0 Å². The molecule has 2 aromatic rings. The first-order valence-electron chi connectivity index (χ1n) is 8.07. The minimum absolute atomic E-state index is 0.0670. The maximum atomic E-state index is 12.5. The predicted octanol–water partition coefficient (Wildman–Crippen LogP) is 2.67. The number of hydrogen-bond donors (Lipinski definition) is 3. The zero-order chi connectivity index (χ0) is 17.4. The van der Waals surface area contributed by atoms with Gasteiger partial charge in [-0.25, -0.2) is 0 Å². The van der Waals surface area contributed by atoms with E-state index in [2.05, 4.69) is 16.0 Å². The highest BCUT2D eigenvalue weighted by atomic mass is 16.5. The van der Waals surface area contributed by atoms with Gasteiger partial charge >= 0.3 is 0 Å². The molecule has 0 saturated carbocycles. The average Bonchev–Trinajstić information content (AvgIpc) is 2.91. The lowest BCUT2D eigenvalue weighted by Gasteiger charge is -2.21. The van der Waals surface area contributed by atoms with E-state index < -0.39 is 0 Å². The van der Waals surface area contributed by atoms with Crippen LogP contribution in [0.2, 0.25) is 0 Å². The number of hydrogen-bond acceptors (Lipinski definition) is 5. The SMILES string of the molecule is COc1ccc([C@H]2Nc3ccccc3NC3=C2C(=O)NC3)cc1OC. The molecule has 2 aliphatic heterocycles. The van der Waals surface area contributed by atoms with Gasteiger partial charge in [0.2, 0.25) is 0 Å². The molecule has 3 N–H and O–H groups in total. The highest BCUT2D eigenvalue weighted by Gasteiger charge is 2.34. The number of benzene rings is 2. The monoisotopic (exact) mass is 337 g/mol. The standard InChI is InChI=1S/C19H19N3O3/c1-24-15-8-7-11(9-16(15)25-2)18-17-14(10-20-19(17)23)21-12-5-3-4-6-13(12)22-18/h3-9,18,21-22H,10H2,1-2H3,(H,20,23)/t18-/m1/s1. The fraction of sp³-hybridized carbons (Fsp3) is 0.211. The minimum atomic E-state index is -0.284. The fourth-order valence-corrected chi connectivity index (χ4v) is 3.30. The van der Waals surface area contributed by atoms with Crippen molar-refractivity contribution in [1.82, 2.24) is 5.32 Å². The van der Waals surface area contributed by atoms with Crippen LogP contribution in [0.4, 0.5) is 11.4 Å². The van der Waals surface area contributed by atoms with Gasteiger partial charge in [-0.05, 0) is 29.8 Å². The van der Waals surface area contributed by atoms with Crippen molar-refractivity contribution in [2.24, 2.45) is 0 Å². The van der Waals surface area contributed by atoms with Gasteiger partial charge in [0.15, 0.2) is 11.5 Å². The van der Waals surface area contributed by atoms with Crippen LogP contribution in [-0.4, -0.2) is 26.7 Å². The Labute approximate surface area is 145 Å². The Morgan fingerprint density at radius 2 is 1.76 bits per heavy atom. The third-order valence-corrected chi connectivity index (χ3v) is 4.54. The van der Waals surface area contributed by atoms with Crippen LogP contribution < -0.4 is 25.4 Å². The van der Waals surface area contributed by atoms with E-state index in [0.717, 1.165) is 22.6 Å². The Bertz CT molecular complexity index is 876.